The Labute approximate surface area is 160 Å². The summed E-state index contributed by atoms with van der Waals surface area (Å²) in [5.41, 5.74) is 3.23. The molecule has 1 aromatic carbocycles. The first-order valence-corrected chi connectivity index (χ1v) is 9.53. The molecule has 1 saturated heterocycles. The van der Waals surface area contributed by atoms with Gasteiger partial charge >= 0.3 is 0 Å². The number of pyridine rings is 1. The average Bonchev–Trinajstić information content (AvgIpc) is 3.13. The highest BCUT2D eigenvalue weighted by molar-refractivity contribution is 7.22. The van der Waals surface area contributed by atoms with Crippen LogP contribution in [0.3, 0.4) is 0 Å². The summed E-state index contributed by atoms with van der Waals surface area (Å²) in [5, 5.41) is 20.7. The Morgan fingerprint density at radius 2 is 2.15 bits per heavy atom. The zero-order valence-corrected chi connectivity index (χ0v) is 15.7. The van der Waals surface area contributed by atoms with Crippen LogP contribution in [0.25, 0.3) is 10.2 Å². The number of ether oxygens (including phenoxy) is 1. The number of aliphatic hydroxyl groups excluding tert-OH is 1. The predicted octanol–water partition coefficient (Wildman–Crippen LogP) is 2.78. The molecule has 8 heteroatoms. The van der Waals surface area contributed by atoms with E-state index in [1.807, 2.05) is 18.2 Å². The van der Waals surface area contributed by atoms with Gasteiger partial charge in [-0.2, -0.15) is 0 Å². The molecule has 0 atom stereocenters. The SMILES string of the molecule is Cc1ncc(CO)c(C=Nc2ccc3nc(N4CCOCC4)sc3c2)c1O. The van der Waals surface area contributed by atoms with E-state index in [4.69, 9.17) is 9.72 Å². The van der Waals surface area contributed by atoms with E-state index in [0.29, 0.717) is 16.8 Å². The van der Waals surface area contributed by atoms with Gasteiger partial charge in [0, 0.05) is 36.6 Å². The molecule has 3 aromatic rings. The van der Waals surface area contributed by atoms with E-state index >= 15 is 0 Å². The number of fused-ring (bicyclic) bond motifs is 1. The number of rotatable bonds is 4. The molecule has 0 aliphatic carbocycles. The molecule has 4 rings (SSSR count). The van der Waals surface area contributed by atoms with Crippen LogP contribution in [0, 0.1) is 6.92 Å². The fourth-order valence-corrected chi connectivity index (χ4v) is 3.98. The van der Waals surface area contributed by atoms with E-state index in [1.54, 1.807) is 30.7 Å². The monoisotopic (exact) mass is 384 g/mol. The molecule has 1 aliphatic heterocycles. The molecule has 0 spiro atoms. The standard InChI is InChI=1S/C19H20N4O3S/c1-12-18(25)15(13(11-24)9-20-12)10-21-14-2-3-16-17(8-14)27-19(22-16)23-4-6-26-7-5-23/h2-3,8-10,24-25H,4-7,11H2,1H3. The van der Waals surface area contributed by atoms with Crippen LogP contribution in [0.5, 0.6) is 5.75 Å². The number of hydrogen-bond acceptors (Lipinski definition) is 8. The number of hydrogen-bond donors (Lipinski definition) is 2. The molecule has 0 radical (unpaired) electrons. The largest absolute Gasteiger partial charge is 0.505 e. The molecular weight excluding hydrogens is 364 g/mol. The normalized spacial score (nSPS) is 15.1. The van der Waals surface area contributed by atoms with E-state index in [9.17, 15) is 10.2 Å². The number of benzene rings is 1. The first-order chi connectivity index (χ1) is 13.2. The number of aliphatic imine (C=N–C) groups is 1. The van der Waals surface area contributed by atoms with Gasteiger partial charge in [0.25, 0.3) is 0 Å². The zero-order chi connectivity index (χ0) is 18.8. The molecule has 0 amide bonds. The third-order valence-corrected chi connectivity index (χ3v) is 5.59. The van der Waals surface area contributed by atoms with Crippen LogP contribution in [0.1, 0.15) is 16.8 Å². The Morgan fingerprint density at radius 1 is 1.33 bits per heavy atom. The van der Waals surface area contributed by atoms with Gasteiger partial charge in [-0.3, -0.25) is 9.98 Å². The molecule has 2 N–H and O–H groups in total. The van der Waals surface area contributed by atoms with Gasteiger partial charge in [-0.25, -0.2) is 4.98 Å². The minimum Gasteiger partial charge on any atom is -0.505 e. The number of nitrogens with zero attached hydrogens (tertiary/aromatic N) is 4. The number of aliphatic hydroxyl groups is 1. The molecule has 140 valence electrons. The lowest BCUT2D eigenvalue weighted by atomic mass is 10.1. The van der Waals surface area contributed by atoms with E-state index in [0.717, 1.165) is 47.3 Å². The summed E-state index contributed by atoms with van der Waals surface area (Å²) >= 11 is 1.64. The predicted molar refractivity (Wildman–Crippen MR) is 106 cm³/mol. The Kier molecular flexibility index (Phi) is 5.02. The first-order valence-electron chi connectivity index (χ1n) is 8.71. The Morgan fingerprint density at radius 3 is 2.93 bits per heavy atom. The third kappa shape index (κ3) is 3.64. The van der Waals surface area contributed by atoms with Crippen molar-refractivity contribution in [3.05, 3.63) is 41.2 Å². The fraction of sp³-hybridized carbons (Fsp3) is 0.316. The molecule has 0 bridgehead atoms. The Balaban J connectivity index is 1.63. The van der Waals surface area contributed by atoms with E-state index in [1.165, 1.54) is 0 Å². The van der Waals surface area contributed by atoms with Crippen molar-refractivity contribution < 1.29 is 14.9 Å². The summed E-state index contributed by atoms with van der Waals surface area (Å²) < 4.78 is 6.46. The smallest absolute Gasteiger partial charge is 0.186 e. The number of anilines is 1. The second-order valence-corrected chi connectivity index (χ2v) is 7.30. The number of aromatic nitrogens is 2. The molecule has 3 heterocycles. The van der Waals surface area contributed by atoms with Crippen molar-refractivity contribution in [1.29, 1.82) is 0 Å². The van der Waals surface area contributed by atoms with Crippen LogP contribution in [0.4, 0.5) is 10.8 Å². The van der Waals surface area contributed by atoms with Crippen molar-refractivity contribution >= 4 is 38.6 Å². The van der Waals surface area contributed by atoms with Gasteiger partial charge in [0.2, 0.25) is 0 Å². The second-order valence-electron chi connectivity index (χ2n) is 6.30. The molecule has 2 aromatic heterocycles. The minimum absolute atomic E-state index is 0.0405. The van der Waals surface area contributed by atoms with Crippen LogP contribution >= 0.6 is 11.3 Å². The van der Waals surface area contributed by atoms with Crippen LogP contribution in [0.15, 0.2) is 29.4 Å². The Bertz CT molecular complexity index is 996. The van der Waals surface area contributed by atoms with E-state index in [2.05, 4.69) is 14.9 Å². The van der Waals surface area contributed by atoms with Crippen molar-refractivity contribution in [1.82, 2.24) is 9.97 Å². The number of aromatic hydroxyl groups is 1. The minimum atomic E-state index is -0.209. The molecule has 1 aliphatic rings. The zero-order valence-electron chi connectivity index (χ0n) is 14.9. The van der Waals surface area contributed by atoms with E-state index in [-0.39, 0.29) is 12.4 Å². The lowest BCUT2D eigenvalue weighted by Crippen LogP contribution is -2.36. The van der Waals surface area contributed by atoms with Gasteiger partial charge in [0.15, 0.2) is 5.13 Å². The topological polar surface area (TPSA) is 91.1 Å². The summed E-state index contributed by atoms with van der Waals surface area (Å²) in [5.74, 6) is 0.0405. The Hall–Kier alpha value is -2.55. The summed E-state index contributed by atoms with van der Waals surface area (Å²) in [6.07, 6.45) is 3.12. The first kappa shape index (κ1) is 17.8. The maximum absolute atomic E-state index is 10.2. The number of morpholine rings is 1. The summed E-state index contributed by atoms with van der Waals surface area (Å²) in [7, 11) is 0. The highest BCUT2D eigenvalue weighted by Gasteiger charge is 2.15. The summed E-state index contributed by atoms with van der Waals surface area (Å²) in [6, 6.07) is 5.83. The molecule has 1 fully saturated rings. The van der Waals surface area contributed by atoms with Gasteiger partial charge in [0.1, 0.15) is 5.75 Å². The van der Waals surface area contributed by atoms with Crippen LogP contribution in [0.2, 0.25) is 0 Å². The van der Waals surface area contributed by atoms with Crippen molar-refractivity contribution in [2.24, 2.45) is 4.99 Å². The van der Waals surface area contributed by atoms with Crippen LogP contribution < -0.4 is 4.90 Å². The molecule has 0 unspecified atom stereocenters. The molecule has 27 heavy (non-hydrogen) atoms. The van der Waals surface area contributed by atoms with Gasteiger partial charge in [-0.1, -0.05) is 11.3 Å². The maximum Gasteiger partial charge on any atom is 0.186 e. The van der Waals surface area contributed by atoms with Gasteiger partial charge < -0.3 is 19.8 Å². The average molecular weight is 384 g/mol. The van der Waals surface area contributed by atoms with Gasteiger partial charge in [-0.05, 0) is 25.1 Å². The van der Waals surface area contributed by atoms with Crippen molar-refractivity contribution in [2.45, 2.75) is 13.5 Å². The fourth-order valence-electron chi connectivity index (χ4n) is 2.93. The highest BCUT2D eigenvalue weighted by Crippen LogP contribution is 2.32. The van der Waals surface area contributed by atoms with Crippen molar-refractivity contribution in [2.75, 3.05) is 31.2 Å². The lowest BCUT2D eigenvalue weighted by molar-refractivity contribution is 0.122. The second kappa shape index (κ2) is 7.59. The maximum atomic E-state index is 10.2. The molecule has 0 saturated carbocycles. The highest BCUT2D eigenvalue weighted by atomic mass is 32.1. The number of aryl methyl sites for hydroxylation is 1. The van der Waals surface area contributed by atoms with Crippen molar-refractivity contribution in [3.8, 4) is 5.75 Å². The van der Waals surface area contributed by atoms with Crippen LogP contribution in [-0.2, 0) is 11.3 Å². The summed E-state index contributed by atoms with van der Waals surface area (Å²) in [4.78, 5) is 15.5. The van der Waals surface area contributed by atoms with Gasteiger partial charge in [-0.15, -0.1) is 0 Å². The van der Waals surface area contributed by atoms with E-state index < -0.39 is 0 Å². The van der Waals surface area contributed by atoms with Gasteiger partial charge in [0.05, 0.1) is 41.4 Å². The van der Waals surface area contributed by atoms with Crippen LogP contribution in [-0.4, -0.2) is 52.7 Å². The quantitative estimate of drug-likeness (QED) is 0.672. The van der Waals surface area contributed by atoms with Crippen molar-refractivity contribution in [3.63, 3.8) is 0 Å². The number of thiazole rings is 1. The molecule has 7 nitrogen and oxygen atoms in total. The lowest BCUT2D eigenvalue weighted by Gasteiger charge is -2.25. The molecular formula is C19H20N4O3S. The third-order valence-electron chi connectivity index (χ3n) is 4.51. The summed E-state index contributed by atoms with van der Waals surface area (Å²) in [6.45, 7) is 4.68.